The van der Waals surface area contributed by atoms with Crippen LogP contribution in [0.25, 0.3) is 0 Å². The molecule has 3 rings (SSSR count). The van der Waals surface area contributed by atoms with Crippen molar-refractivity contribution in [1.29, 1.82) is 0 Å². The first-order valence-corrected chi connectivity index (χ1v) is 9.91. The third-order valence-corrected chi connectivity index (χ3v) is 4.37. The Kier molecular flexibility index (Phi) is 7.28. The zero-order chi connectivity index (χ0) is 20.5. The van der Waals surface area contributed by atoms with Gasteiger partial charge >= 0.3 is 0 Å². The summed E-state index contributed by atoms with van der Waals surface area (Å²) in [5.74, 6) is 1.27. The van der Waals surface area contributed by atoms with Gasteiger partial charge in [0.05, 0.1) is 18.3 Å². The molecule has 0 radical (unpaired) electrons. The van der Waals surface area contributed by atoms with E-state index in [1.807, 2.05) is 74.5 Å². The maximum atomic E-state index is 12.7. The summed E-state index contributed by atoms with van der Waals surface area (Å²) in [6.45, 7) is 4.95. The maximum absolute atomic E-state index is 12.7. The molecule has 0 aliphatic rings. The molecule has 3 aromatic carbocycles. The van der Waals surface area contributed by atoms with Gasteiger partial charge in [-0.05, 0) is 49.2 Å². The predicted octanol–water partition coefficient (Wildman–Crippen LogP) is 5.03. The smallest absolute Gasteiger partial charge is 0.255 e. The molecule has 0 bridgehead atoms. The van der Waals surface area contributed by atoms with Gasteiger partial charge in [-0.15, -0.1) is 0 Å². The normalized spacial score (nSPS) is 10.6. The zero-order valence-electron chi connectivity index (χ0n) is 16.9. The third-order valence-electron chi connectivity index (χ3n) is 4.37. The SMILES string of the molecule is CC(C)Oc1ccc(CNC(=O)c2ccccc2OCCc2ccccc2)cc1. The fraction of sp³-hybridized carbons (Fsp3) is 0.240. The topological polar surface area (TPSA) is 47.6 Å². The summed E-state index contributed by atoms with van der Waals surface area (Å²) in [6, 6.07) is 25.2. The predicted molar refractivity (Wildman–Crippen MR) is 115 cm³/mol. The van der Waals surface area contributed by atoms with E-state index in [2.05, 4.69) is 17.4 Å². The fourth-order valence-corrected chi connectivity index (χ4v) is 2.94. The van der Waals surface area contributed by atoms with Crippen molar-refractivity contribution in [2.75, 3.05) is 6.61 Å². The molecular formula is C25H27NO3. The molecule has 0 aliphatic heterocycles. The van der Waals surface area contributed by atoms with Gasteiger partial charge in [0, 0.05) is 13.0 Å². The van der Waals surface area contributed by atoms with Crippen molar-refractivity contribution in [2.24, 2.45) is 0 Å². The lowest BCUT2D eigenvalue weighted by Crippen LogP contribution is -2.23. The fourth-order valence-electron chi connectivity index (χ4n) is 2.94. The summed E-state index contributed by atoms with van der Waals surface area (Å²) in [6.07, 6.45) is 0.931. The number of hydrogen-bond donors (Lipinski definition) is 1. The van der Waals surface area contributed by atoms with Crippen LogP contribution in [0.1, 0.15) is 35.3 Å². The van der Waals surface area contributed by atoms with E-state index in [-0.39, 0.29) is 12.0 Å². The number of amides is 1. The van der Waals surface area contributed by atoms with Crippen molar-refractivity contribution in [3.05, 3.63) is 95.6 Å². The van der Waals surface area contributed by atoms with E-state index in [0.717, 1.165) is 17.7 Å². The van der Waals surface area contributed by atoms with Crippen molar-refractivity contribution >= 4 is 5.91 Å². The number of carbonyl (C=O) groups excluding carboxylic acids is 1. The van der Waals surface area contributed by atoms with E-state index in [1.165, 1.54) is 5.56 Å². The number of hydrogen-bond acceptors (Lipinski definition) is 3. The Balaban J connectivity index is 1.55. The molecule has 29 heavy (non-hydrogen) atoms. The second-order valence-corrected chi connectivity index (χ2v) is 7.07. The first kappa shape index (κ1) is 20.5. The van der Waals surface area contributed by atoms with Gasteiger partial charge in [0.1, 0.15) is 11.5 Å². The molecular weight excluding hydrogens is 362 g/mol. The Hall–Kier alpha value is -3.27. The highest BCUT2D eigenvalue weighted by Gasteiger charge is 2.12. The lowest BCUT2D eigenvalue weighted by molar-refractivity contribution is 0.0947. The number of benzene rings is 3. The van der Waals surface area contributed by atoms with Crippen molar-refractivity contribution in [2.45, 2.75) is 32.9 Å². The average molecular weight is 389 g/mol. The molecule has 4 heteroatoms. The van der Waals surface area contributed by atoms with Crippen LogP contribution in [0.2, 0.25) is 0 Å². The van der Waals surface area contributed by atoms with E-state index >= 15 is 0 Å². The lowest BCUT2D eigenvalue weighted by atomic mass is 10.1. The molecule has 0 unspecified atom stereocenters. The molecule has 0 aliphatic carbocycles. The minimum absolute atomic E-state index is 0.138. The van der Waals surface area contributed by atoms with Gasteiger partial charge in [0.2, 0.25) is 0 Å². The number of para-hydroxylation sites is 1. The summed E-state index contributed by atoms with van der Waals surface area (Å²) in [5, 5.41) is 2.96. The van der Waals surface area contributed by atoms with E-state index in [4.69, 9.17) is 9.47 Å². The van der Waals surface area contributed by atoms with Crippen molar-refractivity contribution in [3.8, 4) is 11.5 Å². The highest BCUT2D eigenvalue weighted by molar-refractivity contribution is 5.96. The second kappa shape index (κ2) is 10.3. The summed E-state index contributed by atoms with van der Waals surface area (Å²) < 4.78 is 11.5. The molecule has 0 fully saturated rings. The van der Waals surface area contributed by atoms with Gasteiger partial charge in [-0.25, -0.2) is 0 Å². The Morgan fingerprint density at radius 3 is 2.28 bits per heavy atom. The van der Waals surface area contributed by atoms with Crippen LogP contribution in [-0.4, -0.2) is 18.6 Å². The summed E-state index contributed by atoms with van der Waals surface area (Å²) >= 11 is 0. The standard InChI is InChI=1S/C25H27NO3/c1-19(2)29-22-14-12-21(13-15-22)18-26-25(27)23-10-6-7-11-24(23)28-17-16-20-8-4-3-5-9-20/h3-15,19H,16-18H2,1-2H3,(H,26,27). The van der Waals surface area contributed by atoms with Crippen LogP contribution in [-0.2, 0) is 13.0 Å². The number of carbonyl (C=O) groups is 1. The monoisotopic (exact) mass is 389 g/mol. The minimum atomic E-state index is -0.150. The second-order valence-electron chi connectivity index (χ2n) is 7.07. The zero-order valence-corrected chi connectivity index (χ0v) is 16.9. The molecule has 0 aromatic heterocycles. The van der Waals surface area contributed by atoms with Gasteiger partial charge in [-0.1, -0.05) is 54.6 Å². The molecule has 0 saturated heterocycles. The van der Waals surface area contributed by atoms with Crippen LogP contribution in [0.5, 0.6) is 11.5 Å². The average Bonchev–Trinajstić information content (AvgIpc) is 2.74. The van der Waals surface area contributed by atoms with Crippen molar-refractivity contribution in [1.82, 2.24) is 5.32 Å². The van der Waals surface area contributed by atoms with Gasteiger partial charge < -0.3 is 14.8 Å². The molecule has 0 spiro atoms. The molecule has 150 valence electrons. The molecule has 0 saturated carbocycles. The summed E-state index contributed by atoms with van der Waals surface area (Å²) in [5.41, 5.74) is 2.76. The highest BCUT2D eigenvalue weighted by Crippen LogP contribution is 2.19. The molecule has 1 amide bonds. The molecule has 4 nitrogen and oxygen atoms in total. The first-order chi connectivity index (χ1) is 14.1. The van der Waals surface area contributed by atoms with Gasteiger partial charge in [0.25, 0.3) is 5.91 Å². The van der Waals surface area contributed by atoms with Gasteiger partial charge in [-0.3, -0.25) is 4.79 Å². The van der Waals surface area contributed by atoms with Crippen molar-refractivity contribution < 1.29 is 14.3 Å². The van der Waals surface area contributed by atoms with Crippen LogP contribution >= 0.6 is 0 Å². The van der Waals surface area contributed by atoms with E-state index in [1.54, 1.807) is 6.07 Å². The first-order valence-electron chi connectivity index (χ1n) is 9.91. The molecule has 3 aromatic rings. The Bertz CT molecular complexity index is 905. The molecule has 1 N–H and O–H groups in total. The molecule has 0 heterocycles. The number of ether oxygens (including phenoxy) is 2. The van der Waals surface area contributed by atoms with E-state index < -0.39 is 0 Å². The van der Waals surface area contributed by atoms with Crippen LogP contribution < -0.4 is 14.8 Å². The van der Waals surface area contributed by atoms with Crippen LogP contribution in [0.4, 0.5) is 0 Å². The minimum Gasteiger partial charge on any atom is -0.492 e. The van der Waals surface area contributed by atoms with Gasteiger partial charge in [0.15, 0.2) is 0 Å². The maximum Gasteiger partial charge on any atom is 0.255 e. The number of rotatable bonds is 9. The Labute approximate surface area is 172 Å². The Morgan fingerprint density at radius 2 is 1.55 bits per heavy atom. The summed E-state index contributed by atoms with van der Waals surface area (Å²) in [4.78, 5) is 12.7. The van der Waals surface area contributed by atoms with E-state index in [0.29, 0.717) is 24.5 Å². The quantitative estimate of drug-likeness (QED) is 0.559. The lowest BCUT2D eigenvalue weighted by Gasteiger charge is -2.13. The van der Waals surface area contributed by atoms with Crippen LogP contribution in [0.3, 0.4) is 0 Å². The molecule has 0 atom stereocenters. The third kappa shape index (κ3) is 6.39. The van der Waals surface area contributed by atoms with Gasteiger partial charge in [-0.2, -0.15) is 0 Å². The summed E-state index contributed by atoms with van der Waals surface area (Å²) in [7, 11) is 0. The van der Waals surface area contributed by atoms with Crippen molar-refractivity contribution in [3.63, 3.8) is 0 Å². The van der Waals surface area contributed by atoms with Crippen LogP contribution in [0.15, 0.2) is 78.9 Å². The van der Waals surface area contributed by atoms with Crippen LogP contribution in [0, 0.1) is 0 Å². The number of nitrogens with one attached hydrogen (secondary N) is 1. The highest BCUT2D eigenvalue weighted by atomic mass is 16.5. The Morgan fingerprint density at radius 1 is 0.862 bits per heavy atom. The largest absolute Gasteiger partial charge is 0.492 e. The van der Waals surface area contributed by atoms with E-state index in [9.17, 15) is 4.79 Å².